The molecule has 0 aromatic heterocycles. The third kappa shape index (κ3) is 2.85. The molecule has 18 heavy (non-hydrogen) atoms. The van der Waals surface area contributed by atoms with Gasteiger partial charge < -0.3 is 14.2 Å². The lowest BCUT2D eigenvalue weighted by Crippen LogP contribution is -2.10. The molecule has 0 saturated heterocycles. The van der Waals surface area contributed by atoms with Crippen molar-refractivity contribution >= 4 is 17.9 Å². The van der Waals surface area contributed by atoms with Crippen LogP contribution in [0.5, 0.6) is 0 Å². The fourth-order valence-electron chi connectivity index (χ4n) is 1.33. The maximum atomic E-state index is 11.4. The van der Waals surface area contributed by atoms with Crippen molar-refractivity contribution in [2.45, 2.75) is 0 Å². The maximum Gasteiger partial charge on any atom is 0.337 e. The van der Waals surface area contributed by atoms with Gasteiger partial charge in [-0.05, 0) is 18.2 Å². The van der Waals surface area contributed by atoms with E-state index in [1.807, 2.05) is 0 Å². The molecule has 1 rings (SSSR count). The molecule has 0 unspecified atom stereocenters. The molecule has 0 aliphatic carbocycles. The third-order valence-corrected chi connectivity index (χ3v) is 2.20. The standard InChI is InChI=1S/C12H12O6/c1-16-10(13)7-4-8(11(14)17-2)6-9(5-7)12(15)18-3/h4-6H,1-3H3. The maximum absolute atomic E-state index is 11.4. The van der Waals surface area contributed by atoms with E-state index in [4.69, 9.17) is 0 Å². The van der Waals surface area contributed by atoms with Gasteiger partial charge in [-0.15, -0.1) is 0 Å². The van der Waals surface area contributed by atoms with Crippen molar-refractivity contribution in [3.05, 3.63) is 34.9 Å². The third-order valence-electron chi connectivity index (χ3n) is 2.20. The number of hydrogen-bond donors (Lipinski definition) is 0. The smallest absolute Gasteiger partial charge is 0.337 e. The van der Waals surface area contributed by atoms with Gasteiger partial charge in [-0.1, -0.05) is 0 Å². The summed E-state index contributed by atoms with van der Waals surface area (Å²) in [6.07, 6.45) is 0. The van der Waals surface area contributed by atoms with Crippen molar-refractivity contribution in [3.8, 4) is 0 Å². The molecule has 0 aliphatic heterocycles. The molecule has 0 fully saturated rings. The van der Waals surface area contributed by atoms with E-state index in [0.717, 1.165) is 0 Å². The second kappa shape index (κ2) is 5.81. The first-order valence-electron chi connectivity index (χ1n) is 4.93. The monoisotopic (exact) mass is 252 g/mol. The molecule has 0 bridgehead atoms. The van der Waals surface area contributed by atoms with Gasteiger partial charge in [-0.2, -0.15) is 0 Å². The second-order valence-electron chi connectivity index (χ2n) is 3.27. The van der Waals surface area contributed by atoms with Crippen molar-refractivity contribution in [2.24, 2.45) is 0 Å². The lowest BCUT2D eigenvalue weighted by molar-refractivity contribution is 0.0598. The summed E-state index contributed by atoms with van der Waals surface area (Å²) in [5.41, 5.74) is 0.211. The number of esters is 3. The number of carbonyl (C=O) groups is 3. The summed E-state index contributed by atoms with van der Waals surface area (Å²) in [6.45, 7) is 0. The zero-order valence-corrected chi connectivity index (χ0v) is 10.2. The molecule has 0 aliphatic rings. The Balaban J connectivity index is 3.32. The Bertz CT molecular complexity index is 408. The Morgan fingerprint density at radius 3 is 1.06 bits per heavy atom. The van der Waals surface area contributed by atoms with E-state index in [2.05, 4.69) is 14.2 Å². The fraction of sp³-hybridized carbons (Fsp3) is 0.250. The molecule has 96 valence electrons. The first-order chi connectivity index (χ1) is 8.53. The minimum atomic E-state index is -0.661. The van der Waals surface area contributed by atoms with Crippen LogP contribution in [0.4, 0.5) is 0 Å². The molecule has 0 amide bonds. The molecule has 6 heteroatoms. The average molecular weight is 252 g/mol. The van der Waals surface area contributed by atoms with Gasteiger partial charge in [-0.25, -0.2) is 14.4 Å². The van der Waals surface area contributed by atoms with Crippen molar-refractivity contribution < 1.29 is 28.6 Å². The quantitative estimate of drug-likeness (QED) is 0.591. The highest BCUT2D eigenvalue weighted by Crippen LogP contribution is 2.13. The Morgan fingerprint density at radius 1 is 0.667 bits per heavy atom. The van der Waals surface area contributed by atoms with Crippen molar-refractivity contribution in [2.75, 3.05) is 21.3 Å². The van der Waals surface area contributed by atoms with Crippen LogP contribution in [0.3, 0.4) is 0 Å². The summed E-state index contributed by atoms with van der Waals surface area (Å²) >= 11 is 0. The van der Waals surface area contributed by atoms with Gasteiger partial charge >= 0.3 is 17.9 Å². The Hall–Kier alpha value is -2.37. The highest BCUT2D eigenvalue weighted by Gasteiger charge is 2.17. The SMILES string of the molecule is COC(=O)c1cc(C(=O)OC)cc(C(=O)OC)c1. The molecule has 1 aromatic carbocycles. The van der Waals surface area contributed by atoms with E-state index in [-0.39, 0.29) is 16.7 Å². The van der Waals surface area contributed by atoms with E-state index in [1.54, 1.807) is 0 Å². The minimum absolute atomic E-state index is 0.0702. The molecular weight excluding hydrogens is 240 g/mol. The molecule has 0 saturated carbocycles. The van der Waals surface area contributed by atoms with Gasteiger partial charge in [0.2, 0.25) is 0 Å². The van der Waals surface area contributed by atoms with Crippen molar-refractivity contribution in [1.82, 2.24) is 0 Å². The number of hydrogen-bond acceptors (Lipinski definition) is 6. The topological polar surface area (TPSA) is 78.9 Å². The zero-order valence-electron chi connectivity index (χ0n) is 10.2. The molecular formula is C12H12O6. The van der Waals surface area contributed by atoms with Crippen LogP contribution in [0.25, 0.3) is 0 Å². The zero-order chi connectivity index (χ0) is 13.7. The van der Waals surface area contributed by atoms with Crippen LogP contribution in [0, 0.1) is 0 Å². The van der Waals surface area contributed by atoms with Gasteiger partial charge in [0.05, 0.1) is 38.0 Å². The summed E-state index contributed by atoms with van der Waals surface area (Å²) in [4.78, 5) is 34.2. The number of ether oxygens (including phenoxy) is 3. The van der Waals surface area contributed by atoms with E-state index >= 15 is 0 Å². The summed E-state index contributed by atoms with van der Waals surface area (Å²) in [5, 5.41) is 0. The number of carbonyl (C=O) groups excluding carboxylic acids is 3. The first-order valence-corrected chi connectivity index (χ1v) is 4.93. The van der Waals surface area contributed by atoms with Crippen LogP contribution in [0.2, 0.25) is 0 Å². The van der Waals surface area contributed by atoms with Crippen molar-refractivity contribution in [1.29, 1.82) is 0 Å². The fourth-order valence-corrected chi connectivity index (χ4v) is 1.33. The van der Waals surface area contributed by atoms with E-state index < -0.39 is 17.9 Å². The van der Waals surface area contributed by atoms with Gasteiger partial charge in [-0.3, -0.25) is 0 Å². The van der Waals surface area contributed by atoms with Crippen LogP contribution in [0.15, 0.2) is 18.2 Å². The summed E-state index contributed by atoms with van der Waals surface area (Å²) in [7, 11) is 3.60. The van der Waals surface area contributed by atoms with Crippen LogP contribution in [-0.2, 0) is 14.2 Å². The predicted octanol–water partition coefficient (Wildman–Crippen LogP) is 1.05. The highest BCUT2D eigenvalue weighted by atomic mass is 16.5. The van der Waals surface area contributed by atoms with Crippen LogP contribution in [0.1, 0.15) is 31.1 Å². The Morgan fingerprint density at radius 2 is 0.889 bits per heavy atom. The summed E-state index contributed by atoms with van der Waals surface area (Å²) in [6, 6.07) is 3.85. The summed E-state index contributed by atoms with van der Waals surface area (Å²) < 4.78 is 13.6. The van der Waals surface area contributed by atoms with Gasteiger partial charge in [0.25, 0.3) is 0 Å². The van der Waals surface area contributed by atoms with Crippen molar-refractivity contribution in [3.63, 3.8) is 0 Å². The number of methoxy groups -OCH3 is 3. The largest absolute Gasteiger partial charge is 0.465 e. The van der Waals surface area contributed by atoms with Gasteiger partial charge in [0.1, 0.15) is 0 Å². The second-order valence-corrected chi connectivity index (χ2v) is 3.27. The molecule has 0 spiro atoms. The first kappa shape index (κ1) is 13.7. The van der Waals surface area contributed by atoms with Crippen LogP contribution in [-0.4, -0.2) is 39.2 Å². The predicted molar refractivity (Wildman–Crippen MR) is 60.5 cm³/mol. The molecule has 0 heterocycles. The minimum Gasteiger partial charge on any atom is -0.465 e. The molecule has 1 aromatic rings. The highest BCUT2D eigenvalue weighted by molar-refractivity contribution is 6.00. The molecule has 0 atom stereocenters. The van der Waals surface area contributed by atoms with E-state index in [9.17, 15) is 14.4 Å². The Labute approximate surface area is 103 Å². The molecule has 0 radical (unpaired) electrons. The summed E-state index contributed by atoms with van der Waals surface area (Å²) in [5.74, 6) is -1.98. The lowest BCUT2D eigenvalue weighted by Gasteiger charge is -2.06. The average Bonchev–Trinajstić information content (AvgIpc) is 2.43. The lowest BCUT2D eigenvalue weighted by atomic mass is 10.1. The molecule has 0 N–H and O–H groups in total. The number of rotatable bonds is 3. The van der Waals surface area contributed by atoms with Crippen LogP contribution < -0.4 is 0 Å². The number of benzene rings is 1. The van der Waals surface area contributed by atoms with E-state index in [0.29, 0.717) is 0 Å². The Kier molecular flexibility index (Phi) is 4.42. The van der Waals surface area contributed by atoms with E-state index in [1.165, 1.54) is 39.5 Å². The normalized spacial score (nSPS) is 9.50. The van der Waals surface area contributed by atoms with Gasteiger partial charge in [0.15, 0.2) is 0 Å². The van der Waals surface area contributed by atoms with Crippen LogP contribution >= 0.6 is 0 Å². The van der Waals surface area contributed by atoms with Gasteiger partial charge in [0, 0.05) is 0 Å². The molecule has 6 nitrogen and oxygen atoms in total.